The van der Waals surface area contributed by atoms with Crippen molar-refractivity contribution in [1.29, 1.82) is 0 Å². The Labute approximate surface area is 500 Å². The van der Waals surface area contributed by atoms with Crippen LogP contribution in [-0.2, 0) is 28.2 Å². The van der Waals surface area contributed by atoms with E-state index in [2.05, 4.69) is 29.7 Å². The Hall–Kier alpha value is -6.52. The molecule has 0 radical (unpaired) electrons. The van der Waals surface area contributed by atoms with Crippen LogP contribution in [0.1, 0.15) is 214 Å². The third-order valence-electron chi connectivity index (χ3n) is 13.8. The summed E-state index contributed by atoms with van der Waals surface area (Å²) >= 11 is 0. The minimum absolute atomic E-state index is 0.107. The van der Waals surface area contributed by atoms with Gasteiger partial charge in [0.25, 0.3) is 0 Å². The Morgan fingerprint density at radius 2 is 0.766 bits per heavy atom. The van der Waals surface area contributed by atoms with E-state index in [9.17, 15) is 0 Å². The summed E-state index contributed by atoms with van der Waals surface area (Å²) in [5.74, 6) is -5.64. The molecule has 0 aliphatic carbocycles. The third kappa shape index (κ3) is 15.6. The minimum atomic E-state index is -2.75. The van der Waals surface area contributed by atoms with Crippen molar-refractivity contribution in [3.05, 3.63) is 211 Å². The van der Waals surface area contributed by atoms with Crippen molar-refractivity contribution in [3.63, 3.8) is 0 Å². The summed E-state index contributed by atoms with van der Waals surface area (Å²) in [6.45, 7) is 11.1. The summed E-state index contributed by atoms with van der Waals surface area (Å²) in [6, 6.07) is 31.1. The molecule has 0 N–H and O–H groups in total. The minimum Gasteiger partial charge on any atom is -0.201 e. The van der Waals surface area contributed by atoms with Crippen molar-refractivity contribution >= 4 is 0 Å². The standard InChI is InChI=1S/C20H28N.C19H26N.C18H24N.C16H20N/c1-13(2)17-8-9-18(15(5)10-17)20-11-16(6)19(14(3)4)12-21(20)7;1-13(2)16-7-9-18(15(5)11-16)19-10-8-17(14(3)4)12-20(19)6;1-12(2)17-10-18(19(6)11-15(17)5)16-8-7-13(3)9-14(16)4;1-11-6-7-15(13(3)8-11)16-14(4)9-12(2)10-17(16)5/h8-14H,1-7H3;7-14H,1-6H3;7-12H,1-6H3;6-10H,1-5H3/q4*+1/i3D3,13D,14D;13D,14D;1D3,3D3,5D3,12D;1D3,2D3. The number of nitrogens with zero attached hydrogens (tertiary/aromatic N) is 4. The highest BCUT2D eigenvalue weighted by atomic mass is 14.9. The molecule has 4 aromatic carbocycles. The van der Waals surface area contributed by atoms with E-state index < -0.39 is 70.6 Å². The number of pyridine rings is 4. The molecule has 0 bridgehead atoms. The summed E-state index contributed by atoms with van der Waals surface area (Å²) in [4.78, 5) is 0. The molecule has 0 amide bonds. The number of rotatable bonds is 9. The Kier molecular flexibility index (Phi) is 12.4. The average molecular weight is 1050 g/mol. The molecule has 8 aromatic rings. The van der Waals surface area contributed by atoms with Crippen LogP contribution in [-0.4, -0.2) is 0 Å². The van der Waals surface area contributed by atoms with Crippen LogP contribution in [0, 0.1) is 68.9 Å². The summed E-state index contributed by atoms with van der Waals surface area (Å²) in [5.41, 5.74) is 16.5. The second-order valence-corrected chi connectivity index (χ2v) is 21.1. The molecule has 4 heterocycles. The first-order valence-electron chi connectivity index (χ1n) is 37.5. The van der Waals surface area contributed by atoms with E-state index in [1.165, 1.54) is 49.4 Å². The highest BCUT2D eigenvalue weighted by Crippen LogP contribution is 2.30. The molecular weight excluding hydrogens is 933 g/mol. The van der Waals surface area contributed by atoms with Crippen molar-refractivity contribution in [2.75, 3.05) is 0 Å². The topological polar surface area (TPSA) is 15.5 Å². The molecule has 406 valence electrons. The molecule has 0 saturated carbocycles. The first-order valence-corrected chi connectivity index (χ1v) is 26.0. The summed E-state index contributed by atoms with van der Waals surface area (Å²) in [6.07, 6.45) is 6.72. The van der Waals surface area contributed by atoms with Crippen molar-refractivity contribution in [2.24, 2.45) is 28.2 Å². The van der Waals surface area contributed by atoms with Crippen LogP contribution in [0.5, 0.6) is 0 Å². The lowest BCUT2D eigenvalue weighted by Crippen LogP contribution is -2.32. The second kappa shape index (κ2) is 26.7. The van der Waals surface area contributed by atoms with Crippen molar-refractivity contribution in [3.8, 4) is 45.0 Å². The zero-order valence-corrected chi connectivity index (χ0v) is 48.9. The summed E-state index contributed by atoms with van der Waals surface area (Å²) < 4.78 is 186. The Morgan fingerprint density at radius 3 is 1.23 bits per heavy atom. The maximum absolute atomic E-state index is 8.44. The van der Waals surface area contributed by atoms with Crippen LogP contribution in [0.3, 0.4) is 0 Å². The van der Waals surface area contributed by atoms with Crippen LogP contribution in [0.2, 0.25) is 0 Å². The molecule has 0 saturated heterocycles. The fraction of sp³-hybridized carbons (Fsp3) is 0.397. The fourth-order valence-electron chi connectivity index (χ4n) is 9.52. The van der Waals surface area contributed by atoms with E-state index in [1.54, 1.807) is 72.9 Å². The first kappa shape index (κ1) is 35.8. The van der Waals surface area contributed by atoms with Crippen molar-refractivity contribution < 1.29 is 49.8 Å². The maximum atomic E-state index is 8.44. The lowest BCUT2D eigenvalue weighted by molar-refractivity contribution is -0.661. The lowest BCUT2D eigenvalue weighted by Gasteiger charge is -2.13. The van der Waals surface area contributed by atoms with Crippen LogP contribution in [0.25, 0.3) is 45.0 Å². The average Bonchev–Trinajstić information content (AvgIpc) is 0.760. The molecule has 0 fully saturated rings. The van der Waals surface area contributed by atoms with E-state index >= 15 is 0 Å². The van der Waals surface area contributed by atoms with Crippen molar-refractivity contribution in [2.45, 2.75) is 168 Å². The molecule has 4 aromatic heterocycles. The first-order chi connectivity index (χ1) is 44.9. The van der Waals surface area contributed by atoms with Gasteiger partial charge >= 0.3 is 0 Å². The van der Waals surface area contributed by atoms with E-state index in [4.69, 9.17) is 31.5 Å². The molecule has 0 aliphatic heterocycles. The monoisotopic (exact) mass is 1050 g/mol. The van der Waals surface area contributed by atoms with E-state index in [0.717, 1.165) is 67.2 Å². The number of hydrogen-bond acceptors (Lipinski definition) is 0. The molecule has 2 atom stereocenters. The highest BCUT2D eigenvalue weighted by Gasteiger charge is 2.21. The van der Waals surface area contributed by atoms with Gasteiger partial charge in [-0.1, -0.05) is 129 Å². The molecule has 77 heavy (non-hydrogen) atoms. The quantitative estimate of drug-likeness (QED) is 0.128. The van der Waals surface area contributed by atoms with Gasteiger partial charge in [-0.15, -0.1) is 0 Å². The van der Waals surface area contributed by atoms with Gasteiger partial charge in [0.1, 0.15) is 28.2 Å². The van der Waals surface area contributed by atoms with Gasteiger partial charge in [-0.25, -0.2) is 18.3 Å². The summed E-state index contributed by atoms with van der Waals surface area (Å²) in [5, 5.41) is 0. The van der Waals surface area contributed by atoms with E-state index in [1.807, 2.05) is 130 Å². The molecule has 4 nitrogen and oxygen atoms in total. The van der Waals surface area contributed by atoms with E-state index in [-0.39, 0.29) is 22.3 Å². The Balaban J connectivity index is 0.000000242. The molecular formula is C73H98N4+4. The van der Waals surface area contributed by atoms with Gasteiger partial charge in [0.15, 0.2) is 24.8 Å². The molecule has 2 unspecified atom stereocenters. The van der Waals surface area contributed by atoms with Crippen LogP contribution in [0.15, 0.2) is 128 Å². The Bertz CT molecular complexity index is 4190. The molecule has 0 aliphatic rings. The molecule has 0 spiro atoms. The zero-order chi connectivity index (χ0) is 76.9. The smallest absolute Gasteiger partial charge is 0.201 e. The molecule has 4 heteroatoms. The predicted octanol–water partition coefficient (Wildman–Crippen LogP) is 17.4. The third-order valence-corrected chi connectivity index (χ3v) is 13.8. The summed E-state index contributed by atoms with van der Waals surface area (Å²) in [7, 11) is 7.32. The highest BCUT2D eigenvalue weighted by molar-refractivity contribution is 5.66. The largest absolute Gasteiger partial charge is 0.215 e. The van der Waals surface area contributed by atoms with Gasteiger partial charge in [0.05, 0.1) is 0 Å². The zero-order valence-electron chi connectivity index (χ0n) is 71.9. The SMILES string of the molecule is [2H]C(C)(C)c1ccc(-c2cc(C)c(C([2H])(C)C([2H])([2H])[2H])c[n+]2C)c(C)c1.[2H]C(C)(C)c1ccc(-c2ccc(C([2H])(C)C)c[n+]2C)c(C)c1.[2H]C([2H])([2H])c1ccc(-c2c(C)cc(C([2H])([2H])[2H])c[n+]2C)c(C)c1.[2H]C([2H])([2H])c1ccc(-c2cc(C([2H])(C)C([2H])([2H])[2H])c(C([2H])([2H])[2H])c[n+]2C)c(C)c1. The van der Waals surface area contributed by atoms with Crippen molar-refractivity contribution in [1.82, 2.24) is 0 Å². The van der Waals surface area contributed by atoms with Gasteiger partial charge in [-0.3, -0.25) is 0 Å². The van der Waals surface area contributed by atoms with Crippen LogP contribution >= 0.6 is 0 Å². The van der Waals surface area contributed by atoms with Gasteiger partial charge in [0.2, 0.25) is 22.8 Å². The van der Waals surface area contributed by atoms with Crippen LogP contribution < -0.4 is 18.3 Å². The normalized spacial score (nSPS) is 18.5. The lowest BCUT2D eigenvalue weighted by atomic mass is 9.94. The van der Waals surface area contributed by atoms with E-state index in [0.29, 0.717) is 27.9 Å². The number of benzene rings is 4. The second-order valence-electron chi connectivity index (χ2n) is 21.1. The van der Waals surface area contributed by atoms with Gasteiger partial charge in [-0.2, -0.15) is 0 Å². The Morgan fingerprint density at radius 1 is 0.325 bits per heavy atom. The van der Waals surface area contributed by atoms with Gasteiger partial charge in [0, 0.05) is 99.8 Å². The number of aromatic nitrogens is 4. The van der Waals surface area contributed by atoms with Gasteiger partial charge in [-0.05, 0) is 179 Å². The maximum Gasteiger partial charge on any atom is 0.215 e. The van der Waals surface area contributed by atoms with Crippen LogP contribution in [0.4, 0.5) is 0 Å². The number of aryl methyl sites for hydroxylation is 14. The predicted molar refractivity (Wildman–Crippen MR) is 330 cm³/mol. The molecule has 8 rings (SSSR count). The number of hydrogen-bond donors (Lipinski definition) is 0. The van der Waals surface area contributed by atoms with Gasteiger partial charge < -0.3 is 0 Å². The fourth-order valence-corrected chi connectivity index (χ4v) is 9.52.